The Morgan fingerprint density at radius 1 is 1.14 bits per heavy atom. The molecule has 0 fully saturated rings. The van der Waals surface area contributed by atoms with E-state index in [9.17, 15) is 9.59 Å². The molecule has 0 aromatic heterocycles. The normalized spacial score (nSPS) is 10.6. The molecule has 0 aliphatic carbocycles. The van der Waals surface area contributed by atoms with Gasteiger partial charge in [0.15, 0.2) is 0 Å². The Balaban J connectivity index is 0. The first-order chi connectivity index (χ1) is 9.95. The molecule has 0 aliphatic rings. The first-order valence-corrected chi connectivity index (χ1v) is 6.99. The van der Waals surface area contributed by atoms with Gasteiger partial charge in [-0.05, 0) is 19.3 Å². The van der Waals surface area contributed by atoms with Crippen molar-refractivity contribution in [1.82, 2.24) is 4.90 Å². The van der Waals surface area contributed by atoms with Crippen LogP contribution in [0, 0.1) is 0 Å². The Hall–Kier alpha value is -2.10. The molecule has 0 unspecified atom stereocenters. The molecule has 4 nitrogen and oxygen atoms in total. The van der Waals surface area contributed by atoms with Gasteiger partial charge in [-0.1, -0.05) is 43.4 Å². The van der Waals surface area contributed by atoms with Crippen LogP contribution in [0.3, 0.4) is 0 Å². The van der Waals surface area contributed by atoms with Crippen molar-refractivity contribution in [2.75, 3.05) is 14.1 Å². The largest absolute Gasteiger partial charge is 0.478 e. The molecule has 1 amide bonds. The monoisotopic (exact) mass is 293 g/mol. The number of unbranched alkanes of at least 4 members (excludes halogenated alkanes) is 1. The molecule has 0 atom stereocenters. The van der Waals surface area contributed by atoms with Crippen LogP contribution in [0.2, 0.25) is 0 Å². The van der Waals surface area contributed by atoms with Gasteiger partial charge in [0.1, 0.15) is 0 Å². The van der Waals surface area contributed by atoms with Crippen molar-refractivity contribution < 1.29 is 14.7 Å². The van der Waals surface area contributed by atoms with Crippen LogP contribution in [0.5, 0.6) is 0 Å². The van der Waals surface area contributed by atoms with Crippen LogP contribution in [0.15, 0.2) is 49.1 Å². The summed E-state index contributed by atoms with van der Waals surface area (Å²) in [5.74, 6) is -0.726. The van der Waals surface area contributed by atoms with Gasteiger partial charge in [0.2, 0.25) is 5.91 Å². The third-order valence-electron chi connectivity index (χ3n) is 2.24. The fraction of sp³-hybridized carbons (Fsp3) is 0.412. The van der Waals surface area contributed by atoms with Crippen molar-refractivity contribution in [2.24, 2.45) is 0 Å². The molecule has 0 heterocycles. The van der Waals surface area contributed by atoms with E-state index in [0.717, 1.165) is 25.3 Å². The molecule has 118 valence electrons. The van der Waals surface area contributed by atoms with Crippen LogP contribution in [0.1, 0.15) is 32.6 Å². The zero-order valence-corrected chi connectivity index (χ0v) is 13.3. The number of allylic oxidation sites excluding steroid dienone is 6. The van der Waals surface area contributed by atoms with Crippen molar-refractivity contribution in [3.05, 3.63) is 49.1 Å². The summed E-state index contributed by atoms with van der Waals surface area (Å²) < 4.78 is 0. The third kappa shape index (κ3) is 20.4. The van der Waals surface area contributed by atoms with Gasteiger partial charge >= 0.3 is 5.97 Å². The maximum absolute atomic E-state index is 10.9. The summed E-state index contributed by atoms with van der Waals surface area (Å²) in [5, 5.41) is 8.18. The number of carboxylic acids is 1. The molecule has 1 N–H and O–H groups in total. The average Bonchev–Trinajstić information content (AvgIpc) is 2.43. The van der Waals surface area contributed by atoms with E-state index < -0.39 is 5.97 Å². The number of aliphatic carboxylic acids is 1. The molecule has 0 aromatic carbocycles. The minimum Gasteiger partial charge on any atom is -0.478 e. The molecule has 0 bridgehead atoms. The van der Waals surface area contributed by atoms with Crippen LogP contribution >= 0.6 is 0 Å². The number of carboxylic acid groups (broad SMARTS) is 1. The van der Waals surface area contributed by atoms with E-state index in [4.69, 9.17) is 5.11 Å². The Morgan fingerprint density at radius 2 is 1.76 bits per heavy atom. The molecular weight excluding hydrogens is 266 g/mol. The molecule has 0 spiro atoms. The van der Waals surface area contributed by atoms with Crippen molar-refractivity contribution in [2.45, 2.75) is 32.6 Å². The molecule has 0 aromatic rings. The summed E-state index contributed by atoms with van der Waals surface area (Å²) in [7, 11) is 3.55. The highest BCUT2D eigenvalue weighted by Gasteiger charge is 2.00. The highest BCUT2D eigenvalue weighted by Crippen LogP contribution is 1.97. The second-order valence-corrected chi connectivity index (χ2v) is 4.39. The second kappa shape index (κ2) is 16.0. The molecule has 21 heavy (non-hydrogen) atoms. The zero-order valence-electron chi connectivity index (χ0n) is 13.3. The smallest absolute Gasteiger partial charge is 0.328 e. The maximum Gasteiger partial charge on any atom is 0.328 e. The number of nitrogens with zero attached hydrogens (tertiary/aromatic N) is 1. The lowest BCUT2D eigenvalue weighted by Crippen LogP contribution is -2.20. The van der Waals surface area contributed by atoms with E-state index in [1.807, 2.05) is 25.2 Å². The van der Waals surface area contributed by atoms with Crippen molar-refractivity contribution in [3.63, 3.8) is 0 Å². The maximum atomic E-state index is 10.9. The molecule has 0 saturated carbocycles. The first kappa shape index (κ1) is 21.2. The predicted molar refractivity (Wildman–Crippen MR) is 88.1 cm³/mol. The Kier molecular flexibility index (Phi) is 16.1. The minimum atomic E-state index is -0.922. The molecular formula is C17H27NO3. The lowest BCUT2D eigenvalue weighted by Gasteiger charge is -2.08. The van der Waals surface area contributed by atoms with E-state index in [2.05, 4.69) is 6.58 Å². The van der Waals surface area contributed by atoms with Crippen LogP contribution in [-0.4, -0.2) is 36.0 Å². The van der Waals surface area contributed by atoms with E-state index in [-0.39, 0.29) is 5.91 Å². The zero-order chi connectivity index (χ0) is 16.5. The van der Waals surface area contributed by atoms with Crippen molar-refractivity contribution in [3.8, 4) is 0 Å². The van der Waals surface area contributed by atoms with Gasteiger partial charge in [-0.3, -0.25) is 4.79 Å². The topological polar surface area (TPSA) is 57.6 Å². The number of hydrogen-bond acceptors (Lipinski definition) is 2. The summed E-state index contributed by atoms with van der Waals surface area (Å²) in [6, 6.07) is 0. The van der Waals surface area contributed by atoms with Gasteiger partial charge < -0.3 is 10.0 Å². The molecule has 0 rings (SSSR count). The summed E-state index contributed by atoms with van der Waals surface area (Å²) in [4.78, 5) is 22.5. The van der Waals surface area contributed by atoms with E-state index in [1.165, 1.54) is 6.08 Å². The molecule has 0 aliphatic heterocycles. The van der Waals surface area contributed by atoms with Crippen molar-refractivity contribution in [1.29, 1.82) is 0 Å². The van der Waals surface area contributed by atoms with Crippen LogP contribution in [-0.2, 0) is 9.59 Å². The van der Waals surface area contributed by atoms with Gasteiger partial charge in [-0.2, -0.15) is 0 Å². The number of hydrogen-bond donors (Lipinski definition) is 1. The fourth-order valence-electron chi connectivity index (χ4n) is 1.10. The van der Waals surface area contributed by atoms with Crippen molar-refractivity contribution >= 4 is 11.9 Å². The number of carbonyl (C=O) groups excluding carboxylic acids is 1. The van der Waals surface area contributed by atoms with Crippen LogP contribution in [0.25, 0.3) is 0 Å². The average molecular weight is 293 g/mol. The summed E-state index contributed by atoms with van der Waals surface area (Å²) in [6.45, 7) is 5.62. The third-order valence-corrected chi connectivity index (χ3v) is 2.24. The predicted octanol–water partition coefficient (Wildman–Crippen LogP) is 3.58. The first-order valence-electron chi connectivity index (χ1n) is 6.99. The van der Waals surface area contributed by atoms with Crippen LogP contribution < -0.4 is 0 Å². The highest BCUT2D eigenvalue weighted by molar-refractivity contribution is 5.80. The quantitative estimate of drug-likeness (QED) is 0.322. The van der Waals surface area contributed by atoms with E-state index in [1.54, 1.807) is 31.1 Å². The van der Waals surface area contributed by atoms with E-state index in [0.29, 0.717) is 6.42 Å². The lowest BCUT2D eigenvalue weighted by molar-refractivity contribution is -0.131. The summed E-state index contributed by atoms with van der Waals surface area (Å²) >= 11 is 0. The Morgan fingerprint density at radius 3 is 2.24 bits per heavy atom. The standard InChI is InChI=1S/C9H12O2.C8H15NO/c1-2-3-4-5-6-7-8-9(10)11;1-4-5-6-7-8(10)9(2)3/h3-8H,2H2,1H3,(H,10,11);4H,1,5-7H2,2-3H3/b4-3-,6-5-,8-7+;. The molecule has 4 heteroatoms. The number of rotatable bonds is 8. The second-order valence-electron chi connectivity index (χ2n) is 4.39. The lowest BCUT2D eigenvalue weighted by atomic mass is 10.2. The van der Waals surface area contributed by atoms with Gasteiger partial charge in [0.05, 0.1) is 0 Å². The molecule has 0 radical (unpaired) electrons. The summed E-state index contributed by atoms with van der Waals surface area (Å²) in [6.07, 6.45) is 15.2. The fourth-order valence-corrected chi connectivity index (χ4v) is 1.10. The van der Waals surface area contributed by atoms with Gasteiger partial charge in [0.25, 0.3) is 0 Å². The van der Waals surface area contributed by atoms with Gasteiger partial charge in [-0.15, -0.1) is 6.58 Å². The van der Waals surface area contributed by atoms with Crippen LogP contribution in [0.4, 0.5) is 0 Å². The Labute approximate surface area is 128 Å². The van der Waals surface area contributed by atoms with Gasteiger partial charge in [0, 0.05) is 26.6 Å². The van der Waals surface area contributed by atoms with E-state index >= 15 is 0 Å². The molecule has 0 saturated heterocycles. The highest BCUT2D eigenvalue weighted by atomic mass is 16.4. The Bertz CT molecular complexity index is 379. The SMILES string of the molecule is C=CCCCC(=O)N(C)C.CC\C=C/C=C\C=C\C(=O)O. The summed E-state index contributed by atoms with van der Waals surface area (Å²) in [5.41, 5.74) is 0. The number of carbonyl (C=O) groups is 2. The minimum absolute atomic E-state index is 0.196. The van der Waals surface area contributed by atoms with Gasteiger partial charge in [-0.25, -0.2) is 4.79 Å². The number of amides is 1.